The Morgan fingerprint density at radius 1 is 1.21 bits per heavy atom. The minimum absolute atomic E-state index is 0.813. The van der Waals surface area contributed by atoms with Crippen LogP contribution in [0.2, 0.25) is 5.02 Å². The molecule has 0 spiro atoms. The lowest BCUT2D eigenvalue weighted by Gasteiger charge is -2.07. The van der Waals surface area contributed by atoms with Crippen LogP contribution in [0, 0.1) is 20.8 Å². The van der Waals surface area contributed by atoms with E-state index in [9.17, 15) is 0 Å². The molecule has 2 rings (SSSR count). The van der Waals surface area contributed by atoms with Crippen molar-refractivity contribution >= 4 is 11.6 Å². The summed E-state index contributed by atoms with van der Waals surface area (Å²) in [6, 6.07) is 6.18. The summed E-state index contributed by atoms with van der Waals surface area (Å²) in [6.45, 7) is 7.80. The van der Waals surface area contributed by atoms with Crippen molar-refractivity contribution in [3.05, 3.63) is 51.3 Å². The summed E-state index contributed by atoms with van der Waals surface area (Å²) in [5.74, 6) is 0. The van der Waals surface area contributed by atoms with E-state index in [-0.39, 0.29) is 0 Å². The monoisotopic (exact) mass is 277 g/mol. The second kappa shape index (κ2) is 5.76. The highest BCUT2D eigenvalue weighted by molar-refractivity contribution is 6.31. The average Bonchev–Trinajstić information content (AvgIpc) is 2.60. The molecule has 1 aromatic carbocycles. The van der Waals surface area contributed by atoms with Gasteiger partial charge in [-0.15, -0.1) is 0 Å². The molecule has 0 saturated carbocycles. The fourth-order valence-corrected chi connectivity index (χ4v) is 2.35. The Balaban J connectivity index is 1.98. The normalized spacial score (nSPS) is 11.0. The lowest BCUT2D eigenvalue weighted by Crippen LogP contribution is -2.14. The van der Waals surface area contributed by atoms with Crippen molar-refractivity contribution < 1.29 is 0 Å². The largest absolute Gasteiger partial charge is 0.308 e. The molecular weight excluding hydrogens is 258 g/mol. The molecule has 0 aliphatic rings. The van der Waals surface area contributed by atoms with Crippen LogP contribution in [0.3, 0.4) is 0 Å². The molecule has 0 saturated heterocycles. The average molecular weight is 278 g/mol. The Labute approximate surface area is 119 Å². The van der Waals surface area contributed by atoms with Crippen LogP contribution >= 0.6 is 11.6 Å². The molecule has 1 heterocycles. The van der Waals surface area contributed by atoms with E-state index in [0.29, 0.717) is 0 Å². The zero-order valence-corrected chi connectivity index (χ0v) is 12.7. The Kier molecular flexibility index (Phi) is 4.27. The third kappa shape index (κ3) is 3.17. The molecule has 3 nitrogen and oxygen atoms in total. The van der Waals surface area contributed by atoms with Crippen molar-refractivity contribution in [2.45, 2.75) is 33.9 Å². The standard InChI is InChI=1S/C15H20ClN3/c1-10-5-6-13(7-15(10)16)8-17-9-14-11(2)18-19(4)12(14)3/h5-7,17H,8-9H2,1-4H3. The molecule has 0 aliphatic carbocycles. The second-order valence-corrected chi connectivity index (χ2v) is 5.37. The predicted octanol–water partition coefficient (Wildman–Crippen LogP) is 3.29. The fourth-order valence-electron chi connectivity index (χ4n) is 2.15. The lowest BCUT2D eigenvalue weighted by atomic mass is 10.1. The van der Waals surface area contributed by atoms with Gasteiger partial charge in [0.05, 0.1) is 5.69 Å². The first-order valence-corrected chi connectivity index (χ1v) is 6.81. The zero-order valence-electron chi connectivity index (χ0n) is 11.9. The van der Waals surface area contributed by atoms with E-state index in [0.717, 1.165) is 29.4 Å². The smallest absolute Gasteiger partial charge is 0.0641 e. The molecule has 4 heteroatoms. The first-order valence-electron chi connectivity index (χ1n) is 6.44. The third-order valence-electron chi connectivity index (χ3n) is 3.53. The molecule has 1 N–H and O–H groups in total. The van der Waals surface area contributed by atoms with Gasteiger partial charge in [0.25, 0.3) is 0 Å². The van der Waals surface area contributed by atoms with E-state index in [1.54, 1.807) is 0 Å². The van der Waals surface area contributed by atoms with Gasteiger partial charge in [-0.1, -0.05) is 23.7 Å². The van der Waals surface area contributed by atoms with E-state index >= 15 is 0 Å². The van der Waals surface area contributed by atoms with E-state index in [1.165, 1.54) is 16.8 Å². The molecule has 1 aromatic heterocycles. The summed E-state index contributed by atoms with van der Waals surface area (Å²) in [5.41, 5.74) is 5.90. The first kappa shape index (κ1) is 14.1. The quantitative estimate of drug-likeness (QED) is 0.929. The van der Waals surface area contributed by atoms with Crippen molar-refractivity contribution in [2.75, 3.05) is 0 Å². The highest BCUT2D eigenvalue weighted by Gasteiger charge is 2.08. The van der Waals surface area contributed by atoms with Crippen LogP contribution in [0.15, 0.2) is 18.2 Å². The Bertz CT molecular complexity index is 587. The van der Waals surface area contributed by atoms with Crippen molar-refractivity contribution in [1.82, 2.24) is 15.1 Å². The van der Waals surface area contributed by atoms with Gasteiger partial charge in [0.15, 0.2) is 0 Å². The first-order chi connectivity index (χ1) is 8.99. The number of hydrogen-bond acceptors (Lipinski definition) is 2. The molecule has 0 bridgehead atoms. The summed E-state index contributed by atoms with van der Waals surface area (Å²) in [4.78, 5) is 0. The molecule has 0 atom stereocenters. The van der Waals surface area contributed by atoms with Gasteiger partial charge < -0.3 is 5.32 Å². The number of halogens is 1. The molecule has 0 aliphatic heterocycles. The van der Waals surface area contributed by atoms with Gasteiger partial charge in [0.1, 0.15) is 0 Å². The molecule has 0 amide bonds. The highest BCUT2D eigenvalue weighted by atomic mass is 35.5. The number of nitrogens with one attached hydrogen (secondary N) is 1. The topological polar surface area (TPSA) is 29.9 Å². The molecule has 0 fully saturated rings. The van der Waals surface area contributed by atoms with Crippen LogP contribution in [-0.2, 0) is 20.1 Å². The Hall–Kier alpha value is -1.32. The number of rotatable bonds is 4. The number of benzene rings is 1. The molecule has 0 radical (unpaired) electrons. The maximum atomic E-state index is 6.12. The highest BCUT2D eigenvalue weighted by Crippen LogP contribution is 2.17. The van der Waals surface area contributed by atoms with E-state index in [2.05, 4.69) is 29.5 Å². The third-order valence-corrected chi connectivity index (χ3v) is 3.93. The van der Waals surface area contributed by atoms with Gasteiger partial charge >= 0.3 is 0 Å². The second-order valence-electron chi connectivity index (χ2n) is 4.96. The summed E-state index contributed by atoms with van der Waals surface area (Å²) < 4.78 is 1.93. The Morgan fingerprint density at radius 3 is 2.53 bits per heavy atom. The molecular formula is C15H20ClN3. The maximum Gasteiger partial charge on any atom is 0.0641 e. The zero-order chi connectivity index (χ0) is 14.0. The molecule has 2 aromatic rings. The van der Waals surface area contributed by atoms with Gasteiger partial charge in [-0.2, -0.15) is 5.10 Å². The summed E-state index contributed by atoms with van der Waals surface area (Å²) in [5, 5.41) is 8.69. The van der Waals surface area contributed by atoms with Gasteiger partial charge in [-0.3, -0.25) is 4.68 Å². The van der Waals surface area contributed by atoms with Crippen LogP contribution in [0.1, 0.15) is 28.1 Å². The molecule has 19 heavy (non-hydrogen) atoms. The summed E-state index contributed by atoms with van der Waals surface area (Å²) in [7, 11) is 1.98. The minimum atomic E-state index is 0.813. The van der Waals surface area contributed by atoms with E-state index in [4.69, 9.17) is 11.6 Å². The van der Waals surface area contributed by atoms with Gasteiger partial charge in [0.2, 0.25) is 0 Å². The van der Waals surface area contributed by atoms with Gasteiger partial charge in [-0.25, -0.2) is 0 Å². The SMILES string of the molecule is Cc1ccc(CNCc2c(C)nn(C)c2C)cc1Cl. The van der Waals surface area contributed by atoms with E-state index < -0.39 is 0 Å². The number of hydrogen-bond donors (Lipinski definition) is 1. The minimum Gasteiger partial charge on any atom is -0.308 e. The van der Waals surface area contributed by atoms with E-state index in [1.807, 2.05) is 31.6 Å². The Morgan fingerprint density at radius 2 is 1.95 bits per heavy atom. The van der Waals surface area contributed by atoms with Gasteiger partial charge in [0, 0.05) is 36.4 Å². The van der Waals surface area contributed by atoms with Gasteiger partial charge in [-0.05, 0) is 38.0 Å². The van der Waals surface area contributed by atoms with Crippen molar-refractivity contribution in [1.29, 1.82) is 0 Å². The van der Waals surface area contributed by atoms with Crippen molar-refractivity contribution in [2.24, 2.45) is 7.05 Å². The van der Waals surface area contributed by atoms with Crippen LogP contribution in [0.4, 0.5) is 0 Å². The lowest BCUT2D eigenvalue weighted by molar-refractivity contribution is 0.684. The fraction of sp³-hybridized carbons (Fsp3) is 0.400. The van der Waals surface area contributed by atoms with Crippen LogP contribution in [0.5, 0.6) is 0 Å². The number of nitrogens with zero attached hydrogens (tertiary/aromatic N) is 2. The van der Waals surface area contributed by atoms with Crippen molar-refractivity contribution in [3.8, 4) is 0 Å². The van der Waals surface area contributed by atoms with Crippen LogP contribution < -0.4 is 5.32 Å². The molecule has 102 valence electrons. The predicted molar refractivity (Wildman–Crippen MR) is 79.4 cm³/mol. The number of aryl methyl sites for hydroxylation is 3. The molecule has 0 unspecified atom stereocenters. The van der Waals surface area contributed by atoms with Crippen LogP contribution in [0.25, 0.3) is 0 Å². The maximum absolute atomic E-state index is 6.12. The van der Waals surface area contributed by atoms with Crippen LogP contribution in [-0.4, -0.2) is 9.78 Å². The summed E-state index contributed by atoms with van der Waals surface area (Å²) in [6.07, 6.45) is 0. The summed E-state index contributed by atoms with van der Waals surface area (Å²) >= 11 is 6.12. The van der Waals surface area contributed by atoms with Crippen molar-refractivity contribution in [3.63, 3.8) is 0 Å². The number of aromatic nitrogens is 2.